The lowest BCUT2D eigenvalue weighted by Gasteiger charge is -2.29. The maximum absolute atomic E-state index is 11.9. The fourth-order valence-electron chi connectivity index (χ4n) is 2.33. The Labute approximate surface area is 113 Å². The number of hydrogen-bond donors (Lipinski definition) is 2. The number of aromatic nitrogens is 2. The molecule has 0 saturated carbocycles. The average molecular weight is 263 g/mol. The standard InChI is InChI=1S/C13H21N5O/c1-10(9-18-5-3-2-4-6-18)17-13(19)11-7-16-12(14)8-15-11/h7-8,10H,2-6,9H2,1H3,(H2,14,16)(H,17,19). The van der Waals surface area contributed by atoms with Crippen LogP contribution in [0.3, 0.4) is 0 Å². The summed E-state index contributed by atoms with van der Waals surface area (Å²) in [6.07, 6.45) is 6.62. The van der Waals surface area contributed by atoms with Gasteiger partial charge in [-0.1, -0.05) is 6.42 Å². The number of anilines is 1. The Bertz CT molecular complexity index is 414. The predicted molar refractivity (Wildman–Crippen MR) is 73.7 cm³/mol. The summed E-state index contributed by atoms with van der Waals surface area (Å²) in [6, 6.07) is 0.102. The molecule has 2 rings (SSSR count). The molecule has 1 aromatic rings. The molecule has 3 N–H and O–H groups in total. The van der Waals surface area contributed by atoms with Gasteiger partial charge in [0, 0.05) is 12.6 Å². The third-order valence-corrected chi connectivity index (χ3v) is 3.26. The van der Waals surface area contributed by atoms with Gasteiger partial charge in [-0.3, -0.25) is 4.79 Å². The van der Waals surface area contributed by atoms with Gasteiger partial charge in [-0.15, -0.1) is 0 Å². The molecular weight excluding hydrogens is 242 g/mol. The molecule has 1 aliphatic heterocycles. The SMILES string of the molecule is CC(CN1CCCCC1)NC(=O)c1cnc(N)cn1. The van der Waals surface area contributed by atoms with E-state index in [0.29, 0.717) is 11.5 Å². The van der Waals surface area contributed by atoms with E-state index in [1.54, 1.807) is 0 Å². The molecule has 0 bridgehead atoms. The van der Waals surface area contributed by atoms with E-state index >= 15 is 0 Å². The van der Waals surface area contributed by atoms with Gasteiger partial charge < -0.3 is 16.0 Å². The van der Waals surface area contributed by atoms with Crippen molar-refractivity contribution in [2.24, 2.45) is 0 Å². The zero-order valence-electron chi connectivity index (χ0n) is 11.3. The van der Waals surface area contributed by atoms with Crippen molar-refractivity contribution in [3.63, 3.8) is 0 Å². The van der Waals surface area contributed by atoms with E-state index in [0.717, 1.165) is 19.6 Å². The quantitative estimate of drug-likeness (QED) is 0.834. The minimum Gasteiger partial charge on any atom is -0.382 e. The molecule has 1 fully saturated rings. The van der Waals surface area contributed by atoms with Crippen LogP contribution in [-0.4, -0.2) is 46.5 Å². The summed E-state index contributed by atoms with van der Waals surface area (Å²) in [6.45, 7) is 5.15. The van der Waals surface area contributed by atoms with Crippen LogP contribution in [0.15, 0.2) is 12.4 Å². The van der Waals surface area contributed by atoms with Gasteiger partial charge in [-0.25, -0.2) is 9.97 Å². The second-order valence-corrected chi connectivity index (χ2v) is 5.06. The topological polar surface area (TPSA) is 84.1 Å². The summed E-state index contributed by atoms with van der Waals surface area (Å²) in [5, 5.41) is 2.94. The highest BCUT2D eigenvalue weighted by molar-refractivity contribution is 5.92. The number of rotatable bonds is 4. The van der Waals surface area contributed by atoms with Gasteiger partial charge in [0.1, 0.15) is 11.5 Å². The molecule has 19 heavy (non-hydrogen) atoms. The molecular formula is C13H21N5O. The van der Waals surface area contributed by atoms with Crippen LogP contribution in [0.5, 0.6) is 0 Å². The fourth-order valence-corrected chi connectivity index (χ4v) is 2.33. The first-order valence-corrected chi connectivity index (χ1v) is 6.76. The molecule has 0 radical (unpaired) electrons. The van der Waals surface area contributed by atoms with E-state index < -0.39 is 0 Å². The van der Waals surface area contributed by atoms with E-state index in [-0.39, 0.29) is 11.9 Å². The van der Waals surface area contributed by atoms with Crippen LogP contribution in [0.4, 0.5) is 5.82 Å². The highest BCUT2D eigenvalue weighted by atomic mass is 16.1. The molecule has 0 spiro atoms. The molecule has 1 aromatic heterocycles. The maximum Gasteiger partial charge on any atom is 0.271 e. The number of nitrogens with one attached hydrogen (secondary N) is 1. The third-order valence-electron chi connectivity index (χ3n) is 3.26. The third kappa shape index (κ3) is 4.17. The van der Waals surface area contributed by atoms with Crippen molar-refractivity contribution in [3.8, 4) is 0 Å². The van der Waals surface area contributed by atoms with Gasteiger partial charge >= 0.3 is 0 Å². The Morgan fingerprint density at radius 2 is 2.11 bits per heavy atom. The van der Waals surface area contributed by atoms with Crippen molar-refractivity contribution in [1.82, 2.24) is 20.2 Å². The first-order chi connectivity index (χ1) is 9.15. The van der Waals surface area contributed by atoms with Gasteiger partial charge in [-0.05, 0) is 32.9 Å². The average Bonchev–Trinajstić information content (AvgIpc) is 2.40. The summed E-state index contributed by atoms with van der Waals surface area (Å²) < 4.78 is 0. The van der Waals surface area contributed by atoms with Crippen LogP contribution >= 0.6 is 0 Å². The van der Waals surface area contributed by atoms with E-state index in [4.69, 9.17) is 5.73 Å². The lowest BCUT2D eigenvalue weighted by molar-refractivity contribution is 0.0920. The molecule has 1 aliphatic rings. The molecule has 0 aromatic carbocycles. The van der Waals surface area contributed by atoms with Crippen LogP contribution in [0.1, 0.15) is 36.7 Å². The molecule has 6 heteroatoms. The zero-order chi connectivity index (χ0) is 13.7. The van der Waals surface area contributed by atoms with Gasteiger partial charge in [0.05, 0.1) is 12.4 Å². The number of nitrogen functional groups attached to an aromatic ring is 1. The molecule has 1 saturated heterocycles. The van der Waals surface area contributed by atoms with Crippen LogP contribution < -0.4 is 11.1 Å². The largest absolute Gasteiger partial charge is 0.382 e. The Balaban J connectivity index is 1.82. The fraction of sp³-hybridized carbons (Fsp3) is 0.615. The van der Waals surface area contributed by atoms with Crippen molar-refractivity contribution < 1.29 is 4.79 Å². The Morgan fingerprint density at radius 3 is 2.74 bits per heavy atom. The molecule has 6 nitrogen and oxygen atoms in total. The summed E-state index contributed by atoms with van der Waals surface area (Å²) in [5.41, 5.74) is 5.75. The molecule has 1 unspecified atom stereocenters. The molecule has 1 atom stereocenters. The highest BCUT2D eigenvalue weighted by Crippen LogP contribution is 2.08. The first kappa shape index (κ1) is 13.7. The van der Waals surface area contributed by atoms with E-state index in [1.807, 2.05) is 6.92 Å². The molecule has 1 amide bonds. The van der Waals surface area contributed by atoms with Gasteiger partial charge in [0.25, 0.3) is 5.91 Å². The number of piperidine rings is 1. The van der Waals surface area contributed by atoms with Gasteiger partial charge in [0.15, 0.2) is 0 Å². The Kier molecular flexibility index (Phi) is 4.68. The Hall–Kier alpha value is -1.69. The summed E-state index contributed by atoms with van der Waals surface area (Å²) >= 11 is 0. The van der Waals surface area contributed by atoms with Crippen molar-refractivity contribution in [2.45, 2.75) is 32.2 Å². The zero-order valence-corrected chi connectivity index (χ0v) is 11.3. The van der Waals surface area contributed by atoms with E-state index in [1.165, 1.54) is 31.7 Å². The minimum absolute atomic E-state index is 0.102. The molecule has 104 valence electrons. The number of carbonyl (C=O) groups is 1. The summed E-state index contributed by atoms with van der Waals surface area (Å²) in [4.78, 5) is 22.2. The van der Waals surface area contributed by atoms with E-state index in [2.05, 4.69) is 20.2 Å². The smallest absolute Gasteiger partial charge is 0.271 e. The minimum atomic E-state index is -0.197. The lowest BCUT2D eigenvalue weighted by Crippen LogP contribution is -2.43. The predicted octanol–water partition coefficient (Wildman–Crippen LogP) is 0.663. The monoisotopic (exact) mass is 263 g/mol. The van der Waals surface area contributed by atoms with Crippen LogP contribution in [0, 0.1) is 0 Å². The second kappa shape index (κ2) is 6.47. The van der Waals surface area contributed by atoms with Crippen LogP contribution in [0.25, 0.3) is 0 Å². The number of hydrogen-bond acceptors (Lipinski definition) is 5. The second-order valence-electron chi connectivity index (χ2n) is 5.06. The van der Waals surface area contributed by atoms with Crippen LogP contribution in [0.2, 0.25) is 0 Å². The lowest BCUT2D eigenvalue weighted by atomic mass is 10.1. The van der Waals surface area contributed by atoms with Crippen molar-refractivity contribution in [3.05, 3.63) is 18.1 Å². The molecule has 2 heterocycles. The van der Waals surface area contributed by atoms with Crippen molar-refractivity contribution in [2.75, 3.05) is 25.4 Å². The van der Waals surface area contributed by atoms with Crippen LogP contribution in [-0.2, 0) is 0 Å². The number of nitrogens with two attached hydrogens (primary N) is 1. The Morgan fingerprint density at radius 1 is 1.37 bits per heavy atom. The normalized spacial score (nSPS) is 17.9. The van der Waals surface area contributed by atoms with E-state index in [9.17, 15) is 4.79 Å². The van der Waals surface area contributed by atoms with Crippen molar-refractivity contribution in [1.29, 1.82) is 0 Å². The summed E-state index contributed by atoms with van der Waals surface area (Å²) in [5.74, 6) is 0.120. The number of nitrogens with zero attached hydrogens (tertiary/aromatic N) is 3. The maximum atomic E-state index is 11.9. The molecule has 0 aliphatic carbocycles. The van der Waals surface area contributed by atoms with Crippen molar-refractivity contribution >= 4 is 11.7 Å². The highest BCUT2D eigenvalue weighted by Gasteiger charge is 2.16. The number of likely N-dealkylation sites (tertiary alicyclic amines) is 1. The first-order valence-electron chi connectivity index (χ1n) is 6.76. The van der Waals surface area contributed by atoms with Gasteiger partial charge in [-0.2, -0.15) is 0 Å². The van der Waals surface area contributed by atoms with Gasteiger partial charge in [0.2, 0.25) is 0 Å². The number of amides is 1. The number of carbonyl (C=O) groups excluding carboxylic acids is 1. The summed E-state index contributed by atoms with van der Waals surface area (Å²) in [7, 11) is 0.